The summed E-state index contributed by atoms with van der Waals surface area (Å²) in [7, 11) is 2.15. The van der Waals surface area contributed by atoms with Crippen LogP contribution in [0.15, 0.2) is 54.7 Å². The number of ether oxygens (including phenoxy) is 1. The third-order valence-corrected chi connectivity index (χ3v) is 7.42. The predicted molar refractivity (Wildman–Crippen MR) is 143 cm³/mol. The fraction of sp³-hybridized carbons (Fsp3) is 0.281. The van der Waals surface area contributed by atoms with Crippen molar-refractivity contribution in [2.45, 2.75) is 48.0 Å². The smallest absolute Gasteiger partial charge is 0.228 e. The van der Waals surface area contributed by atoms with Gasteiger partial charge in [-0.05, 0) is 76.9 Å². The van der Waals surface area contributed by atoms with E-state index in [-0.39, 0.29) is 5.41 Å². The van der Waals surface area contributed by atoms with Gasteiger partial charge < -0.3 is 4.74 Å². The van der Waals surface area contributed by atoms with E-state index in [2.05, 4.69) is 108 Å². The van der Waals surface area contributed by atoms with Crippen LogP contribution < -0.4 is 9.30 Å². The summed E-state index contributed by atoms with van der Waals surface area (Å²) >= 11 is 0. The molecular weight excluding hydrogens is 414 g/mol. The summed E-state index contributed by atoms with van der Waals surface area (Å²) in [6.07, 6.45) is 3.25. The van der Waals surface area contributed by atoms with Crippen LogP contribution in [-0.4, -0.2) is 0 Å². The Hall–Kier alpha value is -3.39. The zero-order valence-electron chi connectivity index (χ0n) is 21.3. The zero-order valence-corrected chi connectivity index (χ0v) is 21.3. The van der Waals surface area contributed by atoms with Gasteiger partial charge in [0.1, 0.15) is 18.5 Å². The highest BCUT2D eigenvalue weighted by Crippen LogP contribution is 2.52. The van der Waals surface area contributed by atoms with Gasteiger partial charge in [0.2, 0.25) is 5.69 Å². The molecule has 0 saturated heterocycles. The molecule has 2 heterocycles. The van der Waals surface area contributed by atoms with Crippen molar-refractivity contribution in [3.05, 3.63) is 77.0 Å². The molecule has 6 rings (SSSR count). The van der Waals surface area contributed by atoms with Crippen molar-refractivity contribution in [3.8, 4) is 22.8 Å². The van der Waals surface area contributed by atoms with Gasteiger partial charge in [-0.3, -0.25) is 0 Å². The number of hydrogen-bond acceptors (Lipinski definition) is 1. The second kappa shape index (κ2) is 7.06. The molecule has 2 nitrogen and oxygen atoms in total. The van der Waals surface area contributed by atoms with Crippen LogP contribution >= 0.6 is 0 Å². The number of aromatic nitrogens is 1. The van der Waals surface area contributed by atoms with Crippen molar-refractivity contribution in [2.75, 3.05) is 0 Å². The van der Waals surface area contributed by atoms with Crippen molar-refractivity contribution in [1.29, 1.82) is 0 Å². The summed E-state index contributed by atoms with van der Waals surface area (Å²) in [5.41, 5.74) is 7.90. The molecular formula is C32H32NO+. The first-order chi connectivity index (χ1) is 16.1. The zero-order chi connectivity index (χ0) is 23.9. The molecule has 1 aromatic heterocycles. The van der Waals surface area contributed by atoms with Crippen LogP contribution in [-0.2, 0) is 13.5 Å². The van der Waals surface area contributed by atoms with Crippen LogP contribution in [0.2, 0.25) is 0 Å². The standard InChI is InChI=1S/C32H32NO/c1-18-9-8-10-24-19(2)27-29-28-22(13-14-33(29)7)16-23-15-21(17-32(4,5)6)11-12-25(23)31(28)34-30(27)20(3)26(18)24/h8-16H,17H2,1-7H3/q+1. The Morgan fingerprint density at radius 1 is 0.794 bits per heavy atom. The van der Waals surface area contributed by atoms with E-state index < -0.39 is 0 Å². The maximum Gasteiger partial charge on any atom is 0.228 e. The van der Waals surface area contributed by atoms with Gasteiger partial charge in [0, 0.05) is 17.0 Å². The SMILES string of the molecule is Cc1c2c(c(C)c3c(C)cccc13)Oc1c3ccc(CC(C)(C)C)cc3cc3cc[n+](C)c-2c13. The van der Waals surface area contributed by atoms with Crippen LogP contribution in [0.25, 0.3) is 43.6 Å². The summed E-state index contributed by atoms with van der Waals surface area (Å²) in [5, 5.41) is 7.50. The molecule has 0 aliphatic carbocycles. The Kier molecular flexibility index (Phi) is 4.39. The normalized spacial score (nSPS) is 12.9. The van der Waals surface area contributed by atoms with Crippen molar-refractivity contribution in [3.63, 3.8) is 0 Å². The van der Waals surface area contributed by atoms with Crippen molar-refractivity contribution in [1.82, 2.24) is 0 Å². The third-order valence-electron chi connectivity index (χ3n) is 7.42. The van der Waals surface area contributed by atoms with Crippen LogP contribution in [0.4, 0.5) is 0 Å². The maximum absolute atomic E-state index is 6.92. The number of hydrogen-bond donors (Lipinski definition) is 0. The van der Waals surface area contributed by atoms with Gasteiger partial charge in [-0.25, -0.2) is 4.57 Å². The fourth-order valence-corrected chi connectivity index (χ4v) is 5.99. The lowest BCUT2D eigenvalue weighted by Crippen LogP contribution is -2.32. The summed E-state index contributed by atoms with van der Waals surface area (Å²) in [6, 6.07) is 18.1. The lowest BCUT2D eigenvalue weighted by Gasteiger charge is -2.26. The molecule has 4 aromatic carbocycles. The number of benzene rings is 4. The van der Waals surface area contributed by atoms with E-state index in [1.165, 1.54) is 65.8 Å². The highest BCUT2D eigenvalue weighted by Gasteiger charge is 2.33. The lowest BCUT2D eigenvalue weighted by atomic mass is 9.85. The average Bonchev–Trinajstić information content (AvgIpc) is 2.77. The molecule has 2 heteroatoms. The van der Waals surface area contributed by atoms with Gasteiger partial charge in [-0.2, -0.15) is 0 Å². The van der Waals surface area contributed by atoms with E-state index in [1.807, 2.05) is 0 Å². The molecule has 170 valence electrons. The largest absolute Gasteiger partial charge is 0.455 e. The van der Waals surface area contributed by atoms with Crippen LogP contribution in [0, 0.1) is 26.2 Å². The Labute approximate surface area is 201 Å². The maximum atomic E-state index is 6.92. The van der Waals surface area contributed by atoms with Gasteiger partial charge in [0.25, 0.3) is 0 Å². The minimum atomic E-state index is 0.253. The summed E-state index contributed by atoms with van der Waals surface area (Å²) in [5.74, 6) is 1.99. The third kappa shape index (κ3) is 2.98. The van der Waals surface area contributed by atoms with E-state index in [1.54, 1.807) is 0 Å². The van der Waals surface area contributed by atoms with Gasteiger partial charge in [0.15, 0.2) is 6.20 Å². The minimum absolute atomic E-state index is 0.253. The monoisotopic (exact) mass is 446 g/mol. The summed E-state index contributed by atoms with van der Waals surface area (Å²) in [4.78, 5) is 0. The molecule has 0 spiro atoms. The minimum Gasteiger partial charge on any atom is -0.455 e. The van der Waals surface area contributed by atoms with Crippen molar-refractivity contribution >= 4 is 32.3 Å². The molecule has 0 N–H and O–H groups in total. The molecule has 5 aromatic rings. The molecule has 0 fully saturated rings. The van der Waals surface area contributed by atoms with E-state index in [0.29, 0.717) is 0 Å². The van der Waals surface area contributed by atoms with Crippen LogP contribution in [0.1, 0.15) is 43.0 Å². The molecule has 34 heavy (non-hydrogen) atoms. The summed E-state index contributed by atoms with van der Waals surface area (Å²) in [6.45, 7) is 13.5. The number of pyridine rings is 1. The van der Waals surface area contributed by atoms with E-state index >= 15 is 0 Å². The fourth-order valence-electron chi connectivity index (χ4n) is 5.99. The highest BCUT2D eigenvalue weighted by molar-refractivity contribution is 6.13. The van der Waals surface area contributed by atoms with E-state index in [0.717, 1.165) is 17.9 Å². The molecule has 0 unspecified atom stereocenters. The van der Waals surface area contributed by atoms with Crippen LogP contribution in [0.5, 0.6) is 11.5 Å². The number of rotatable bonds is 1. The molecule has 0 saturated carbocycles. The van der Waals surface area contributed by atoms with E-state index in [4.69, 9.17) is 4.74 Å². The van der Waals surface area contributed by atoms with Crippen molar-refractivity contribution < 1.29 is 9.30 Å². The first-order valence-corrected chi connectivity index (χ1v) is 12.2. The van der Waals surface area contributed by atoms with Crippen molar-refractivity contribution in [2.24, 2.45) is 12.5 Å². The van der Waals surface area contributed by atoms with Gasteiger partial charge in [-0.15, -0.1) is 0 Å². The molecule has 1 aliphatic rings. The Bertz CT molecular complexity index is 1670. The van der Waals surface area contributed by atoms with Gasteiger partial charge >= 0.3 is 0 Å². The lowest BCUT2D eigenvalue weighted by molar-refractivity contribution is -0.659. The Balaban J connectivity index is 1.73. The quantitative estimate of drug-likeness (QED) is 0.183. The Morgan fingerprint density at radius 3 is 2.35 bits per heavy atom. The van der Waals surface area contributed by atoms with Gasteiger partial charge in [-0.1, -0.05) is 57.2 Å². The first-order valence-electron chi connectivity index (χ1n) is 12.2. The van der Waals surface area contributed by atoms with Gasteiger partial charge in [0.05, 0.1) is 10.9 Å². The second-order valence-corrected chi connectivity index (χ2v) is 11.3. The number of fused-ring (bicyclic) bond motifs is 5. The average molecular weight is 447 g/mol. The Morgan fingerprint density at radius 2 is 1.59 bits per heavy atom. The number of aryl methyl sites for hydroxylation is 4. The second-order valence-electron chi connectivity index (χ2n) is 11.3. The first kappa shape index (κ1) is 21.2. The summed E-state index contributed by atoms with van der Waals surface area (Å²) < 4.78 is 9.18. The highest BCUT2D eigenvalue weighted by atomic mass is 16.5. The predicted octanol–water partition coefficient (Wildman–Crippen LogP) is 8.26. The molecule has 0 atom stereocenters. The molecule has 0 bridgehead atoms. The van der Waals surface area contributed by atoms with E-state index in [9.17, 15) is 0 Å². The molecule has 0 radical (unpaired) electrons. The topological polar surface area (TPSA) is 13.1 Å². The molecule has 0 amide bonds. The van der Waals surface area contributed by atoms with Crippen LogP contribution in [0.3, 0.4) is 0 Å². The molecule has 1 aliphatic heterocycles. The number of nitrogens with zero attached hydrogens (tertiary/aromatic N) is 1.